The summed E-state index contributed by atoms with van der Waals surface area (Å²) < 4.78 is 7.42. The maximum Gasteiger partial charge on any atom is 0.293 e. The molecule has 2 heterocycles. The molecule has 0 spiro atoms. The molecule has 0 bridgehead atoms. The number of allylic oxidation sites excluding steroid dienone is 1. The van der Waals surface area contributed by atoms with E-state index >= 15 is 0 Å². The van der Waals surface area contributed by atoms with Crippen LogP contribution in [-0.2, 0) is 14.9 Å². The second-order valence-electron chi connectivity index (χ2n) is 14.2. The monoisotopic (exact) mass is 655 g/mol. The predicted molar refractivity (Wildman–Crippen MR) is 206 cm³/mol. The highest BCUT2D eigenvalue weighted by molar-refractivity contribution is 6.05. The number of fused-ring (bicyclic) bond motifs is 4. The molecular weight excluding hydrogens is 613 g/mol. The smallest absolute Gasteiger partial charge is 0.293 e. The van der Waals surface area contributed by atoms with Crippen LogP contribution in [0, 0.1) is 0 Å². The minimum absolute atomic E-state index is 0.164. The Hall–Kier alpha value is -5.48. The van der Waals surface area contributed by atoms with Crippen molar-refractivity contribution in [2.24, 2.45) is 0 Å². The first kappa shape index (κ1) is 31.8. The molecule has 50 heavy (non-hydrogen) atoms. The molecule has 3 aliphatic rings. The van der Waals surface area contributed by atoms with Crippen molar-refractivity contribution in [3.8, 4) is 0 Å². The highest BCUT2D eigenvalue weighted by Gasteiger charge is 2.44. The Morgan fingerprint density at radius 2 is 1.48 bits per heavy atom. The standard InChI is InChI=1S/C46H43N2O2/c1-46(2)41-17-9-10-18-44(41)47(28-29-50-32-49)45(46)27-23-34-22-26-43-40(31-34)38-16-11-19-42(38)48(43)37-24-20-33(21-25-37)30-39(35-12-5-3-6-13-35)36-14-7-4-8-15-36/h3-10,12-15,17-18,20-27,30-32,38,42H,11,16,19,28-29H2,1-2H3/q+1. The molecule has 2 aliphatic heterocycles. The van der Waals surface area contributed by atoms with E-state index in [9.17, 15) is 4.79 Å². The fourth-order valence-electron chi connectivity index (χ4n) is 8.53. The number of rotatable bonds is 10. The fraction of sp³-hybridized carbons (Fsp3) is 0.217. The summed E-state index contributed by atoms with van der Waals surface area (Å²) in [4.78, 5) is 13.5. The van der Waals surface area contributed by atoms with Crippen molar-refractivity contribution in [1.82, 2.24) is 0 Å². The Kier molecular flexibility index (Phi) is 8.54. The Morgan fingerprint density at radius 3 is 2.20 bits per heavy atom. The zero-order chi connectivity index (χ0) is 34.1. The number of hydrogen-bond acceptors (Lipinski definition) is 3. The van der Waals surface area contributed by atoms with E-state index in [1.165, 1.54) is 81.0 Å². The zero-order valence-electron chi connectivity index (χ0n) is 28.8. The molecule has 2 unspecified atom stereocenters. The Morgan fingerprint density at radius 1 is 0.800 bits per heavy atom. The quantitative estimate of drug-likeness (QED) is 0.0650. The van der Waals surface area contributed by atoms with E-state index in [0.29, 0.717) is 31.6 Å². The molecular formula is C46H43N2O2+. The number of anilines is 2. The molecule has 4 nitrogen and oxygen atoms in total. The van der Waals surface area contributed by atoms with Gasteiger partial charge >= 0.3 is 0 Å². The Balaban J connectivity index is 1.09. The topological polar surface area (TPSA) is 32.5 Å². The number of carbonyl (C=O) groups is 1. The van der Waals surface area contributed by atoms with Gasteiger partial charge in [0.1, 0.15) is 6.61 Å². The molecule has 0 saturated heterocycles. The summed E-state index contributed by atoms with van der Waals surface area (Å²) in [5, 5.41) is 0. The minimum atomic E-state index is -0.164. The van der Waals surface area contributed by atoms with Gasteiger partial charge in [0.15, 0.2) is 12.3 Å². The lowest BCUT2D eigenvalue weighted by Gasteiger charge is -2.27. The van der Waals surface area contributed by atoms with E-state index < -0.39 is 0 Å². The summed E-state index contributed by atoms with van der Waals surface area (Å²) in [5.74, 6) is 0.539. The lowest BCUT2D eigenvalue weighted by Crippen LogP contribution is -2.28. The van der Waals surface area contributed by atoms with Gasteiger partial charge in [-0.15, -0.1) is 0 Å². The molecule has 248 valence electrons. The SMILES string of the molecule is CC1(C)C(/C=C/c2ccc3c(c2)C2CCCC2N3c2ccc(C=C(c3ccccc3)c3ccccc3)cc2)=[N+](CCOC=O)c2ccccc21. The van der Waals surface area contributed by atoms with Gasteiger partial charge < -0.3 is 9.64 Å². The summed E-state index contributed by atoms with van der Waals surface area (Å²) in [6, 6.07) is 46.5. The van der Waals surface area contributed by atoms with Crippen LogP contribution in [0.5, 0.6) is 0 Å². The first-order chi connectivity index (χ1) is 24.5. The lowest BCUT2D eigenvalue weighted by atomic mass is 9.81. The van der Waals surface area contributed by atoms with Crippen LogP contribution in [0.25, 0.3) is 17.7 Å². The van der Waals surface area contributed by atoms with Crippen LogP contribution in [0.2, 0.25) is 0 Å². The second-order valence-corrected chi connectivity index (χ2v) is 14.2. The molecule has 1 fully saturated rings. The van der Waals surface area contributed by atoms with Crippen molar-refractivity contribution >= 4 is 47.0 Å². The van der Waals surface area contributed by atoms with Crippen LogP contribution < -0.4 is 4.90 Å². The third-order valence-electron chi connectivity index (χ3n) is 10.9. The van der Waals surface area contributed by atoms with Gasteiger partial charge in [0, 0.05) is 41.0 Å². The number of benzene rings is 5. The van der Waals surface area contributed by atoms with Gasteiger partial charge in [0.25, 0.3) is 6.47 Å². The van der Waals surface area contributed by atoms with E-state index in [0.717, 1.165) is 0 Å². The molecule has 0 radical (unpaired) electrons. The zero-order valence-corrected chi connectivity index (χ0v) is 28.8. The van der Waals surface area contributed by atoms with Gasteiger partial charge in [-0.05, 0) is 96.5 Å². The third kappa shape index (κ3) is 5.79. The predicted octanol–water partition coefficient (Wildman–Crippen LogP) is 10.3. The lowest BCUT2D eigenvalue weighted by molar-refractivity contribution is -0.440. The van der Waals surface area contributed by atoms with Crippen molar-refractivity contribution in [1.29, 1.82) is 0 Å². The second kappa shape index (κ2) is 13.4. The van der Waals surface area contributed by atoms with Gasteiger partial charge in [-0.1, -0.05) is 103 Å². The average Bonchev–Trinajstić information content (AvgIpc) is 3.81. The highest BCUT2D eigenvalue weighted by Crippen LogP contribution is 2.52. The van der Waals surface area contributed by atoms with Crippen molar-refractivity contribution in [3.05, 3.63) is 167 Å². The van der Waals surface area contributed by atoms with E-state index in [2.05, 4.69) is 169 Å². The van der Waals surface area contributed by atoms with Gasteiger partial charge in [-0.25, -0.2) is 0 Å². The van der Waals surface area contributed by atoms with E-state index in [1.807, 2.05) is 0 Å². The summed E-state index contributed by atoms with van der Waals surface area (Å²) in [6.45, 7) is 6.06. The molecule has 8 rings (SSSR count). The van der Waals surface area contributed by atoms with Crippen molar-refractivity contribution in [2.75, 3.05) is 18.1 Å². The van der Waals surface area contributed by atoms with E-state index in [4.69, 9.17) is 4.74 Å². The number of carbonyl (C=O) groups excluding carboxylic acids is 1. The van der Waals surface area contributed by atoms with Gasteiger partial charge in [-0.2, -0.15) is 4.58 Å². The van der Waals surface area contributed by atoms with Crippen molar-refractivity contribution in [2.45, 2.75) is 50.5 Å². The van der Waals surface area contributed by atoms with Gasteiger partial charge in [0.05, 0.1) is 5.41 Å². The molecule has 0 amide bonds. The van der Waals surface area contributed by atoms with Crippen molar-refractivity contribution < 1.29 is 14.1 Å². The van der Waals surface area contributed by atoms with Gasteiger partial charge in [-0.3, -0.25) is 4.79 Å². The number of nitrogens with zero attached hydrogens (tertiary/aromatic N) is 2. The highest BCUT2D eigenvalue weighted by atomic mass is 16.5. The summed E-state index contributed by atoms with van der Waals surface area (Å²) >= 11 is 0. The summed E-state index contributed by atoms with van der Waals surface area (Å²) in [5.41, 5.74) is 13.7. The Bertz CT molecular complexity index is 2070. The maximum atomic E-state index is 10.9. The molecule has 2 atom stereocenters. The van der Waals surface area contributed by atoms with Crippen LogP contribution in [0.3, 0.4) is 0 Å². The number of para-hydroxylation sites is 1. The molecule has 5 aromatic rings. The first-order valence-electron chi connectivity index (χ1n) is 17.9. The third-order valence-corrected chi connectivity index (χ3v) is 10.9. The first-order valence-corrected chi connectivity index (χ1v) is 17.9. The van der Waals surface area contributed by atoms with E-state index in [-0.39, 0.29) is 5.41 Å². The molecule has 4 heteroatoms. The van der Waals surface area contributed by atoms with Crippen LogP contribution in [0.4, 0.5) is 17.1 Å². The number of hydrogen-bond donors (Lipinski definition) is 0. The average molecular weight is 656 g/mol. The molecule has 0 aromatic heterocycles. The molecule has 1 saturated carbocycles. The van der Waals surface area contributed by atoms with Gasteiger partial charge in [0.2, 0.25) is 5.69 Å². The largest absolute Gasteiger partial charge is 0.461 e. The van der Waals surface area contributed by atoms with Crippen LogP contribution in [0.1, 0.15) is 72.4 Å². The minimum Gasteiger partial charge on any atom is -0.461 e. The number of ether oxygens (including phenoxy) is 1. The maximum absolute atomic E-state index is 10.9. The molecule has 1 aliphatic carbocycles. The Labute approximate surface area is 295 Å². The summed E-state index contributed by atoms with van der Waals surface area (Å²) in [7, 11) is 0. The van der Waals surface area contributed by atoms with Crippen LogP contribution in [-0.4, -0.2) is 36.0 Å². The van der Waals surface area contributed by atoms with Crippen molar-refractivity contribution in [3.63, 3.8) is 0 Å². The molecule has 5 aromatic carbocycles. The fourth-order valence-corrected chi connectivity index (χ4v) is 8.53. The van der Waals surface area contributed by atoms with Crippen LogP contribution >= 0.6 is 0 Å². The normalized spacial score (nSPS) is 18.6. The summed E-state index contributed by atoms with van der Waals surface area (Å²) in [6.07, 6.45) is 10.5. The van der Waals surface area contributed by atoms with E-state index in [1.54, 1.807) is 0 Å². The van der Waals surface area contributed by atoms with Crippen LogP contribution in [0.15, 0.2) is 133 Å². The molecule has 0 N–H and O–H groups in total.